The van der Waals surface area contributed by atoms with Crippen LogP contribution in [0.1, 0.15) is 19.2 Å². The number of nitrogens with zero attached hydrogens (tertiary/aromatic N) is 3. The first kappa shape index (κ1) is 12.1. The molecule has 1 fully saturated rings. The molecule has 0 aliphatic carbocycles. The number of aromatic nitrogens is 2. The van der Waals surface area contributed by atoms with Crippen LogP contribution in [-0.4, -0.2) is 36.1 Å². The highest BCUT2D eigenvalue weighted by Gasteiger charge is 2.22. The molecule has 1 unspecified atom stereocenters. The van der Waals surface area contributed by atoms with Crippen LogP contribution in [-0.2, 0) is 0 Å². The van der Waals surface area contributed by atoms with Crippen LogP contribution >= 0.6 is 0 Å². The van der Waals surface area contributed by atoms with Crippen molar-refractivity contribution in [2.75, 3.05) is 36.4 Å². The molecule has 5 nitrogen and oxygen atoms in total. The molecule has 3 N–H and O–H groups in total. The van der Waals surface area contributed by atoms with Crippen LogP contribution in [0.5, 0.6) is 0 Å². The minimum Gasteiger partial charge on any atom is -0.370 e. The molecule has 5 heteroatoms. The van der Waals surface area contributed by atoms with Crippen molar-refractivity contribution in [3.63, 3.8) is 0 Å². The molecule has 0 radical (unpaired) electrons. The summed E-state index contributed by atoms with van der Waals surface area (Å²) >= 11 is 0. The van der Waals surface area contributed by atoms with Gasteiger partial charge in [0.25, 0.3) is 0 Å². The highest BCUT2D eigenvalue weighted by Crippen LogP contribution is 2.23. The molecular weight excluding hydrogens is 214 g/mol. The Bertz CT molecular complexity index is 379. The second-order valence-electron chi connectivity index (χ2n) is 4.53. The van der Waals surface area contributed by atoms with E-state index in [2.05, 4.69) is 27.1 Å². The Morgan fingerprint density at radius 1 is 1.53 bits per heavy atom. The zero-order valence-corrected chi connectivity index (χ0v) is 10.6. The average Bonchev–Trinajstić information content (AvgIpc) is 2.77. The largest absolute Gasteiger partial charge is 0.370 e. The van der Waals surface area contributed by atoms with E-state index in [-0.39, 0.29) is 0 Å². The van der Waals surface area contributed by atoms with Gasteiger partial charge in [0.1, 0.15) is 17.5 Å². The summed E-state index contributed by atoms with van der Waals surface area (Å²) in [6.07, 6.45) is 1.16. The van der Waals surface area contributed by atoms with Gasteiger partial charge in [0.2, 0.25) is 0 Å². The number of hydrogen-bond donors (Lipinski definition) is 2. The quantitative estimate of drug-likeness (QED) is 0.815. The zero-order chi connectivity index (χ0) is 12.3. The van der Waals surface area contributed by atoms with Gasteiger partial charge in [-0.3, -0.25) is 0 Å². The summed E-state index contributed by atoms with van der Waals surface area (Å²) in [5.74, 6) is 3.35. The molecule has 0 spiro atoms. The van der Waals surface area contributed by atoms with Gasteiger partial charge in [0.05, 0.1) is 0 Å². The molecule has 1 aromatic heterocycles. The maximum absolute atomic E-state index is 5.71. The van der Waals surface area contributed by atoms with Crippen molar-refractivity contribution >= 4 is 11.6 Å². The van der Waals surface area contributed by atoms with Crippen LogP contribution in [0.25, 0.3) is 0 Å². The fourth-order valence-corrected chi connectivity index (χ4v) is 2.22. The van der Waals surface area contributed by atoms with Crippen molar-refractivity contribution in [1.82, 2.24) is 9.97 Å². The summed E-state index contributed by atoms with van der Waals surface area (Å²) in [6, 6.07) is 2.02. The number of nitrogens with one attached hydrogen (secondary N) is 1. The molecule has 0 bridgehead atoms. The number of nitrogens with two attached hydrogens (primary N) is 1. The van der Waals surface area contributed by atoms with Gasteiger partial charge in [0.15, 0.2) is 0 Å². The van der Waals surface area contributed by atoms with Crippen LogP contribution in [0.4, 0.5) is 11.6 Å². The first-order chi connectivity index (χ1) is 8.22. The van der Waals surface area contributed by atoms with Gasteiger partial charge in [0, 0.05) is 25.7 Å². The Morgan fingerprint density at radius 3 is 3.00 bits per heavy atom. The van der Waals surface area contributed by atoms with E-state index >= 15 is 0 Å². The summed E-state index contributed by atoms with van der Waals surface area (Å²) in [5.41, 5.74) is 5.71. The molecule has 1 atom stereocenters. The minimum atomic E-state index is 0.604. The minimum absolute atomic E-state index is 0.604. The summed E-state index contributed by atoms with van der Waals surface area (Å²) in [6.45, 7) is 7.70. The van der Waals surface area contributed by atoms with Gasteiger partial charge in [-0.2, -0.15) is 0 Å². The summed E-state index contributed by atoms with van der Waals surface area (Å²) < 4.78 is 0. The fraction of sp³-hybridized carbons (Fsp3) is 0.667. The van der Waals surface area contributed by atoms with E-state index in [0.717, 1.165) is 50.1 Å². The lowest BCUT2D eigenvalue weighted by Crippen LogP contribution is -2.24. The van der Waals surface area contributed by atoms with Crippen LogP contribution in [0.15, 0.2) is 6.07 Å². The van der Waals surface area contributed by atoms with Gasteiger partial charge >= 0.3 is 0 Å². The van der Waals surface area contributed by atoms with Gasteiger partial charge in [-0.1, -0.05) is 0 Å². The monoisotopic (exact) mass is 235 g/mol. The van der Waals surface area contributed by atoms with Crippen molar-refractivity contribution in [2.24, 2.45) is 11.7 Å². The summed E-state index contributed by atoms with van der Waals surface area (Å²) in [7, 11) is 0. The summed E-state index contributed by atoms with van der Waals surface area (Å²) in [4.78, 5) is 11.2. The molecule has 0 aromatic carbocycles. The Morgan fingerprint density at radius 2 is 2.35 bits per heavy atom. The highest BCUT2D eigenvalue weighted by molar-refractivity contribution is 5.50. The average molecular weight is 235 g/mol. The second-order valence-corrected chi connectivity index (χ2v) is 4.53. The molecule has 1 aliphatic rings. The van der Waals surface area contributed by atoms with Gasteiger partial charge < -0.3 is 16.0 Å². The van der Waals surface area contributed by atoms with Crippen LogP contribution < -0.4 is 16.0 Å². The Balaban J connectivity index is 2.15. The predicted octanol–water partition coefficient (Wildman–Crippen LogP) is 1.00. The first-order valence-corrected chi connectivity index (χ1v) is 6.27. The number of rotatable bonds is 4. The molecule has 17 heavy (non-hydrogen) atoms. The van der Waals surface area contributed by atoms with Gasteiger partial charge in [-0.25, -0.2) is 9.97 Å². The van der Waals surface area contributed by atoms with Crippen LogP contribution in [0.3, 0.4) is 0 Å². The topological polar surface area (TPSA) is 67.1 Å². The lowest BCUT2D eigenvalue weighted by atomic mass is 10.1. The van der Waals surface area contributed by atoms with E-state index in [4.69, 9.17) is 5.73 Å². The highest BCUT2D eigenvalue weighted by atomic mass is 15.2. The zero-order valence-electron chi connectivity index (χ0n) is 10.6. The molecule has 0 saturated carbocycles. The van der Waals surface area contributed by atoms with E-state index in [0.29, 0.717) is 5.92 Å². The number of anilines is 2. The van der Waals surface area contributed by atoms with E-state index < -0.39 is 0 Å². The SMILES string of the molecule is CCNc1cc(N2CCC(CN)C2)nc(C)n1. The van der Waals surface area contributed by atoms with Gasteiger partial charge in [-0.15, -0.1) is 0 Å². The van der Waals surface area contributed by atoms with Crippen molar-refractivity contribution in [2.45, 2.75) is 20.3 Å². The Kier molecular flexibility index (Phi) is 3.78. The standard InChI is InChI=1S/C12H21N5/c1-3-14-11-6-12(16-9(2)15-11)17-5-4-10(7-13)8-17/h6,10H,3-5,7-8,13H2,1-2H3,(H,14,15,16). The normalized spacial score (nSPS) is 19.7. The summed E-state index contributed by atoms with van der Waals surface area (Å²) in [5, 5.41) is 3.23. The third-order valence-electron chi connectivity index (χ3n) is 3.13. The van der Waals surface area contributed by atoms with E-state index in [1.165, 1.54) is 0 Å². The van der Waals surface area contributed by atoms with Gasteiger partial charge in [-0.05, 0) is 32.7 Å². The third kappa shape index (κ3) is 2.85. The van der Waals surface area contributed by atoms with Crippen molar-refractivity contribution in [3.05, 3.63) is 11.9 Å². The van der Waals surface area contributed by atoms with E-state index in [1.54, 1.807) is 0 Å². The maximum Gasteiger partial charge on any atom is 0.134 e. The Hall–Kier alpha value is -1.36. The molecule has 94 valence electrons. The fourth-order valence-electron chi connectivity index (χ4n) is 2.22. The van der Waals surface area contributed by atoms with Crippen molar-refractivity contribution in [1.29, 1.82) is 0 Å². The lowest BCUT2D eigenvalue weighted by Gasteiger charge is -2.18. The van der Waals surface area contributed by atoms with Crippen molar-refractivity contribution in [3.8, 4) is 0 Å². The van der Waals surface area contributed by atoms with E-state index in [1.807, 2.05) is 13.0 Å². The van der Waals surface area contributed by atoms with Crippen molar-refractivity contribution < 1.29 is 0 Å². The van der Waals surface area contributed by atoms with E-state index in [9.17, 15) is 0 Å². The third-order valence-corrected chi connectivity index (χ3v) is 3.13. The molecule has 2 heterocycles. The molecule has 1 saturated heterocycles. The molecule has 0 amide bonds. The Labute approximate surface area is 102 Å². The first-order valence-electron chi connectivity index (χ1n) is 6.27. The molecular formula is C12H21N5. The van der Waals surface area contributed by atoms with Crippen LogP contribution in [0.2, 0.25) is 0 Å². The lowest BCUT2D eigenvalue weighted by molar-refractivity contribution is 0.602. The molecule has 1 aliphatic heterocycles. The maximum atomic E-state index is 5.71. The predicted molar refractivity (Wildman–Crippen MR) is 70.3 cm³/mol. The molecule has 2 rings (SSSR count). The number of hydrogen-bond acceptors (Lipinski definition) is 5. The molecule has 1 aromatic rings. The van der Waals surface area contributed by atoms with Crippen LogP contribution in [0, 0.1) is 12.8 Å². The smallest absolute Gasteiger partial charge is 0.134 e. The second kappa shape index (κ2) is 5.31. The number of aryl methyl sites for hydroxylation is 1.